The van der Waals surface area contributed by atoms with Gasteiger partial charge >= 0.3 is 0 Å². The Kier molecular flexibility index (Phi) is 3.94. The molecule has 2 heterocycles. The molecule has 1 fully saturated rings. The van der Waals surface area contributed by atoms with Crippen LogP contribution < -0.4 is 4.72 Å². The van der Waals surface area contributed by atoms with Crippen LogP contribution in [-0.4, -0.2) is 30.8 Å². The molecule has 128 valence electrons. The first-order valence-electron chi connectivity index (χ1n) is 8.28. The molecule has 1 N–H and O–H groups in total. The van der Waals surface area contributed by atoms with E-state index in [9.17, 15) is 8.42 Å². The number of ether oxygens (including phenoxy) is 1. The second kappa shape index (κ2) is 5.98. The highest BCUT2D eigenvalue weighted by Crippen LogP contribution is 2.30. The van der Waals surface area contributed by atoms with Crippen LogP contribution in [0.25, 0.3) is 0 Å². The standard InChI is InChI=1S/C17H21N3O3S/c1-20-16(7-9-18-20)17-15(8-10-23-17)19-24(21,22)14-6-5-12-3-2-4-13(12)11-14/h5-7,9,11,15,17,19H,2-4,8,10H2,1H3/t15-,17-/m0/s1. The minimum atomic E-state index is -3.56. The van der Waals surface area contributed by atoms with Gasteiger partial charge in [-0.25, -0.2) is 13.1 Å². The SMILES string of the molecule is Cn1nccc1[C@H]1OCC[C@@H]1NS(=O)(=O)c1ccc2c(c1)CCC2. The van der Waals surface area contributed by atoms with Crippen molar-refractivity contribution in [1.29, 1.82) is 0 Å². The highest BCUT2D eigenvalue weighted by molar-refractivity contribution is 7.89. The molecule has 0 bridgehead atoms. The van der Waals surface area contributed by atoms with Crippen LogP contribution in [0.3, 0.4) is 0 Å². The monoisotopic (exact) mass is 347 g/mol. The Morgan fingerprint density at radius 1 is 1.25 bits per heavy atom. The number of nitrogens with zero attached hydrogens (tertiary/aromatic N) is 2. The van der Waals surface area contributed by atoms with E-state index in [1.54, 1.807) is 16.9 Å². The largest absolute Gasteiger partial charge is 0.370 e. The van der Waals surface area contributed by atoms with E-state index in [1.807, 2.05) is 25.2 Å². The van der Waals surface area contributed by atoms with Crippen molar-refractivity contribution in [3.8, 4) is 0 Å². The fourth-order valence-corrected chi connectivity index (χ4v) is 4.97. The Morgan fingerprint density at radius 2 is 2.08 bits per heavy atom. The van der Waals surface area contributed by atoms with Crippen molar-refractivity contribution in [3.63, 3.8) is 0 Å². The van der Waals surface area contributed by atoms with Gasteiger partial charge in [-0.3, -0.25) is 4.68 Å². The maximum Gasteiger partial charge on any atom is 0.240 e. The summed E-state index contributed by atoms with van der Waals surface area (Å²) in [6.45, 7) is 0.535. The molecule has 24 heavy (non-hydrogen) atoms. The zero-order valence-corrected chi connectivity index (χ0v) is 14.4. The zero-order chi connectivity index (χ0) is 16.7. The maximum atomic E-state index is 12.8. The average Bonchev–Trinajstić information content (AvgIpc) is 3.26. The third-order valence-corrected chi connectivity index (χ3v) is 6.42. The minimum Gasteiger partial charge on any atom is -0.370 e. The van der Waals surface area contributed by atoms with Crippen molar-refractivity contribution in [2.24, 2.45) is 7.05 Å². The fraction of sp³-hybridized carbons (Fsp3) is 0.471. The second-order valence-electron chi connectivity index (χ2n) is 6.47. The lowest BCUT2D eigenvalue weighted by Gasteiger charge is -2.20. The van der Waals surface area contributed by atoms with Crippen molar-refractivity contribution < 1.29 is 13.2 Å². The van der Waals surface area contributed by atoms with Gasteiger partial charge in [0.05, 0.1) is 16.6 Å². The lowest BCUT2D eigenvalue weighted by Crippen LogP contribution is -2.37. The molecule has 1 aromatic heterocycles. The molecular formula is C17H21N3O3S. The van der Waals surface area contributed by atoms with E-state index in [-0.39, 0.29) is 12.1 Å². The third-order valence-electron chi connectivity index (χ3n) is 4.93. The Bertz CT molecular complexity index is 860. The average molecular weight is 347 g/mol. The molecule has 2 aliphatic rings. The number of sulfonamides is 1. The number of hydrogen-bond acceptors (Lipinski definition) is 4. The molecule has 1 aromatic carbocycles. The molecule has 4 rings (SSSR count). The normalized spacial score (nSPS) is 23.5. The lowest BCUT2D eigenvalue weighted by atomic mass is 10.1. The topological polar surface area (TPSA) is 73.2 Å². The van der Waals surface area contributed by atoms with Crippen molar-refractivity contribution >= 4 is 10.0 Å². The first-order chi connectivity index (χ1) is 11.5. The third kappa shape index (κ3) is 2.76. The summed E-state index contributed by atoms with van der Waals surface area (Å²) in [5.74, 6) is 0. The molecule has 6 nitrogen and oxygen atoms in total. The van der Waals surface area contributed by atoms with E-state index in [0.29, 0.717) is 17.9 Å². The van der Waals surface area contributed by atoms with Crippen molar-refractivity contribution in [2.75, 3.05) is 6.61 Å². The van der Waals surface area contributed by atoms with Crippen LogP contribution in [0.5, 0.6) is 0 Å². The number of rotatable bonds is 4. The summed E-state index contributed by atoms with van der Waals surface area (Å²) >= 11 is 0. The Hall–Kier alpha value is -1.70. The molecule has 0 unspecified atom stereocenters. The molecule has 1 aliphatic carbocycles. The summed E-state index contributed by atoms with van der Waals surface area (Å²) in [6, 6.07) is 7.06. The summed E-state index contributed by atoms with van der Waals surface area (Å²) in [6.07, 6.45) is 5.15. The van der Waals surface area contributed by atoms with Gasteiger partial charge in [-0.15, -0.1) is 0 Å². The van der Waals surface area contributed by atoms with E-state index >= 15 is 0 Å². The van der Waals surface area contributed by atoms with Crippen LogP contribution in [0.1, 0.15) is 35.8 Å². The summed E-state index contributed by atoms with van der Waals surface area (Å²) in [7, 11) is -1.73. The number of aryl methyl sites for hydroxylation is 3. The van der Waals surface area contributed by atoms with Gasteiger partial charge in [0.25, 0.3) is 0 Å². The number of benzene rings is 1. The zero-order valence-electron chi connectivity index (χ0n) is 13.6. The first-order valence-corrected chi connectivity index (χ1v) is 9.76. The van der Waals surface area contributed by atoms with Crippen LogP contribution in [0.15, 0.2) is 35.4 Å². The molecular weight excluding hydrogens is 326 g/mol. The van der Waals surface area contributed by atoms with Gasteiger partial charge in [-0.05, 0) is 55.0 Å². The van der Waals surface area contributed by atoms with E-state index in [2.05, 4.69) is 9.82 Å². The van der Waals surface area contributed by atoms with Crippen molar-refractivity contribution in [1.82, 2.24) is 14.5 Å². The maximum absolute atomic E-state index is 12.8. The fourth-order valence-electron chi connectivity index (χ4n) is 3.65. The molecule has 0 amide bonds. The lowest BCUT2D eigenvalue weighted by molar-refractivity contribution is 0.0959. The first kappa shape index (κ1) is 15.8. The van der Waals surface area contributed by atoms with Gasteiger partial charge in [0.15, 0.2) is 0 Å². The van der Waals surface area contributed by atoms with Crippen LogP contribution in [-0.2, 0) is 34.6 Å². The van der Waals surface area contributed by atoms with Crippen LogP contribution in [0.2, 0.25) is 0 Å². The Balaban J connectivity index is 1.58. The second-order valence-corrected chi connectivity index (χ2v) is 8.19. The quantitative estimate of drug-likeness (QED) is 0.914. The molecule has 2 aromatic rings. The molecule has 0 saturated carbocycles. The highest BCUT2D eigenvalue weighted by atomic mass is 32.2. The predicted molar refractivity (Wildman–Crippen MR) is 89.1 cm³/mol. The van der Waals surface area contributed by atoms with Crippen LogP contribution in [0.4, 0.5) is 0 Å². The van der Waals surface area contributed by atoms with Crippen LogP contribution in [0, 0.1) is 0 Å². The minimum absolute atomic E-state index is 0.279. The number of fused-ring (bicyclic) bond motifs is 1. The van der Waals surface area contributed by atoms with Crippen LogP contribution >= 0.6 is 0 Å². The van der Waals surface area contributed by atoms with Gasteiger partial charge in [-0.2, -0.15) is 5.10 Å². The summed E-state index contributed by atoms with van der Waals surface area (Å²) < 4.78 is 35.9. The molecule has 0 radical (unpaired) electrons. The number of nitrogens with one attached hydrogen (secondary N) is 1. The van der Waals surface area contributed by atoms with Crippen molar-refractivity contribution in [3.05, 3.63) is 47.3 Å². The van der Waals surface area contributed by atoms with E-state index < -0.39 is 10.0 Å². The van der Waals surface area contributed by atoms with Gasteiger partial charge < -0.3 is 4.74 Å². The van der Waals surface area contributed by atoms with E-state index in [1.165, 1.54) is 5.56 Å². The molecule has 7 heteroatoms. The van der Waals surface area contributed by atoms with Gasteiger partial charge in [0.1, 0.15) is 6.10 Å². The van der Waals surface area contributed by atoms with Gasteiger partial charge in [-0.1, -0.05) is 6.07 Å². The number of aromatic nitrogens is 2. The highest BCUT2D eigenvalue weighted by Gasteiger charge is 2.35. The summed E-state index contributed by atoms with van der Waals surface area (Å²) in [5, 5.41) is 4.15. The molecule has 2 atom stereocenters. The van der Waals surface area contributed by atoms with Crippen molar-refractivity contribution in [2.45, 2.75) is 42.7 Å². The van der Waals surface area contributed by atoms with E-state index in [0.717, 1.165) is 30.5 Å². The molecule has 0 spiro atoms. The summed E-state index contributed by atoms with van der Waals surface area (Å²) in [5.41, 5.74) is 3.31. The van der Waals surface area contributed by atoms with E-state index in [4.69, 9.17) is 4.74 Å². The summed E-state index contributed by atoms with van der Waals surface area (Å²) in [4.78, 5) is 0.346. The van der Waals surface area contributed by atoms with Gasteiger partial charge in [0, 0.05) is 19.9 Å². The predicted octanol–water partition coefficient (Wildman–Crippen LogP) is 1.72. The molecule has 1 aliphatic heterocycles. The smallest absolute Gasteiger partial charge is 0.240 e. The van der Waals surface area contributed by atoms with Gasteiger partial charge in [0.2, 0.25) is 10.0 Å². The number of hydrogen-bond donors (Lipinski definition) is 1. The Labute approximate surface area is 141 Å². The molecule has 1 saturated heterocycles. The Morgan fingerprint density at radius 3 is 2.88 bits per heavy atom.